The minimum absolute atomic E-state index is 0.414. The molecular weight excluding hydrogens is 206 g/mol. The Hall–Kier alpha value is -1.60. The van der Waals surface area contributed by atoms with Crippen LogP contribution in [0.5, 0.6) is 0 Å². The van der Waals surface area contributed by atoms with E-state index < -0.39 is 0 Å². The van der Waals surface area contributed by atoms with E-state index >= 15 is 0 Å². The molecule has 1 nitrogen and oxygen atoms in total. The lowest BCUT2D eigenvalue weighted by molar-refractivity contribution is 0.555. The Morgan fingerprint density at radius 3 is 2.65 bits per heavy atom. The smallest absolute Gasteiger partial charge is 0.0320 e. The van der Waals surface area contributed by atoms with Crippen LogP contribution < -0.4 is 5.32 Å². The quantitative estimate of drug-likeness (QED) is 0.756. The molecule has 0 bridgehead atoms. The number of rotatable bonds is 5. The van der Waals surface area contributed by atoms with Crippen LogP contribution in [-0.4, -0.2) is 7.05 Å². The first-order valence-corrected chi connectivity index (χ1v) is 6.12. The summed E-state index contributed by atoms with van der Waals surface area (Å²) in [4.78, 5) is 0. The molecule has 0 aliphatic heterocycles. The number of hydrogen-bond donors (Lipinski definition) is 1. The minimum Gasteiger partial charge on any atom is -0.313 e. The first kappa shape index (κ1) is 11.9. The fraction of sp³-hybridized carbons (Fsp3) is 0.250. The van der Waals surface area contributed by atoms with Crippen molar-refractivity contribution in [3.8, 4) is 0 Å². The van der Waals surface area contributed by atoms with Gasteiger partial charge in [0.15, 0.2) is 0 Å². The SMILES string of the molecule is C=CCCC(NC)c1ccc2ccccc2c1. The molecule has 1 N–H and O–H groups in total. The highest BCUT2D eigenvalue weighted by molar-refractivity contribution is 5.83. The van der Waals surface area contributed by atoms with E-state index in [9.17, 15) is 0 Å². The maximum atomic E-state index is 3.78. The summed E-state index contributed by atoms with van der Waals surface area (Å²) in [7, 11) is 2.02. The first-order chi connectivity index (χ1) is 8.35. The molecule has 0 aliphatic carbocycles. The fourth-order valence-corrected chi connectivity index (χ4v) is 2.19. The highest BCUT2D eigenvalue weighted by Gasteiger charge is 2.08. The average molecular weight is 225 g/mol. The maximum absolute atomic E-state index is 3.78. The average Bonchev–Trinajstić information content (AvgIpc) is 2.39. The Bertz CT molecular complexity index is 502. The van der Waals surface area contributed by atoms with Gasteiger partial charge >= 0.3 is 0 Å². The summed E-state index contributed by atoms with van der Waals surface area (Å²) >= 11 is 0. The van der Waals surface area contributed by atoms with Crippen molar-refractivity contribution in [2.75, 3.05) is 7.05 Å². The van der Waals surface area contributed by atoms with Crippen LogP contribution in [0.2, 0.25) is 0 Å². The molecule has 0 aliphatic rings. The van der Waals surface area contributed by atoms with Gasteiger partial charge in [-0.1, -0.05) is 42.5 Å². The Labute approximate surface area is 103 Å². The van der Waals surface area contributed by atoms with E-state index in [0.717, 1.165) is 12.8 Å². The minimum atomic E-state index is 0.414. The molecule has 0 aromatic heterocycles. The molecule has 88 valence electrons. The number of benzene rings is 2. The van der Waals surface area contributed by atoms with Gasteiger partial charge < -0.3 is 5.32 Å². The zero-order chi connectivity index (χ0) is 12.1. The number of nitrogens with one attached hydrogen (secondary N) is 1. The Morgan fingerprint density at radius 2 is 1.94 bits per heavy atom. The van der Waals surface area contributed by atoms with Crippen LogP contribution in [0, 0.1) is 0 Å². The molecule has 0 spiro atoms. The maximum Gasteiger partial charge on any atom is 0.0320 e. The van der Waals surface area contributed by atoms with Crippen molar-refractivity contribution in [3.05, 3.63) is 60.7 Å². The lowest BCUT2D eigenvalue weighted by Crippen LogP contribution is -2.15. The molecule has 0 heterocycles. The van der Waals surface area contributed by atoms with Gasteiger partial charge in [-0.2, -0.15) is 0 Å². The third-order valence-electron chi connectivity index (χ3n) is 3.18. The molecule has 1 unspecified atom stereocenters. The van der Waals surface area contributed by atoms with E-state index in [2.05, 4.69) is 54.4 Å². The topological polar surface area (TPSA) is 12.0 Å². The molecule has 1 heteroatoms. The van der Waals surface area contributed by atoms with Crippen LogP contribution in [0.25, 0.3) is 10.8 Å². The standard InChI is InChI=1S/C16H19N/c1-3-4-9-16(17-2)15-11-10-13-7-5-6-8-14(13)12-15/h3,5-8,10-12,16-17H,1,4,9H2,2H3. The predicted octanol–water partition coefficient (Wildman–Crippen LogP) is 4.07. The molecule has 0 fully saturated rings. The Balaban J connectivity index is 2.30. The predicted molar refractivity (Wildman–Crippen MR) is 75.2 cm³/mol. The van der Waals surface area contributed by atoms with Crippen LogP contribution >= 0.6 is 0 Å². The lowest BCUT2D eigenvalue weighted by atomic mass is 9.99. The van der Waals surface area contributed by atoms with Crippen molar-refractivity contribution in [2.45, 2.75) is 18.9 Å². The zero-order valence-electron chi connectivity index (χ0n) is 10.3. The van der Waals surface area contributed by atoms with Crippen molar-refractivity contribution in [3.63, 3.8) is 0 Å². The van der Waals surface area contributed by atoms with Crippen molar-refractivity contribution in [1.82, 2.24) is 5.32 Å². The van der Waals surface area contributed by atoms with Gasteiger partial charge in [0.25, 0.3) is 0 Å². The van der Waals surface area contributed by atoms with Gasteiger partial charge in [-0.05, 0) is 42.3 Å². The van der Waals surface area contributed by atoms with Crippen molar-refractivity contribution < 1.29 is 0 Å². The summed E-state index contributed by atoms with van der Waals surface area (Å²) < 4.78 is 0. The summed E-state index contributed by atoms with van der Waals surface area (Å²) in [6.07, 6.45) is 4.11. The van der Waals surface area contributed by atoms with Gasteiger partial charge in [0, 0.05) is 6.04 Å². The summed E-state index contributed by atoms with van der Waals surface area (Å²) in [6, 6.07) is 15.6. The van der Waals surface area contributed by atoms with Crippen LogP contribution in [0.3, 0.4) is 0 Å². The van der Waals surface area contributed by atoms with Crippen LogP contribution in [-0.2, 0) is 0 Å². The van der Waals surface area contributed by atoms with Gasteiger partial charge in [-0.25, -0.2) is 0 Å². The molecule has 1 atom stereocenters. The normalized spacial score (nSPS) is 12.5. The molecule has 17 heavy (non-hydrogen) atoms. The first-order valence-electron chi connectivity index (χ1n) is 6.12. The monoisotopic (exact) mass is 225 g/mol. The van der Waals surface area contributed by atoms with Crippen LogP contribution in [0.15, 0.2) is 55.1 Å². The van der Waals surface area contributed by atoms with Crippen molar-refractivity contribution in [1.29, 1.82) is 0 Å². The Kier molecular flexibility index (Phi) is 3.94. The van der Waals surface area contributed by atoms with E-state index in [4.69, 9.17) is 0 Å². The van der Waals surface area contributed by atoms with E-state index in [0.29, 0.717) is 6.04 Å². The van der Waals surface area contributed by atoms with E-state index in [1.807, 2.05) is 13.1 Å². The second kappa shape index (κ2) is 5.65. The van der Waals surface area contributed by atoms with Crippen LogP contribution in [0.4, 0.5) is 0 Å². The lowest BCUT2D eigenvalue weighted by Gasteiger charge is -2.16. The van der Waals surface area contributed by atoms with Gasteiger partial charge in [-0.15, -0.1) is 6.58 Å². The Morgan fingerprint density at radius 1 is 1.18 bits per heavy atom. The van der Waals surface area contributed by atoms with Crippen molar-refractivity contribution in [2.24, 2.45) is 0 Å². The molecule has 2 aromatic rings. The van der Waals surface area contributed by atoms with E-state index in [1.165, 1.54) is 16.3 Å². The second-order valence-electron chi connectivity index (χ2n) is 4.31. The van der Waals surface area contributed by atoms with Crippen LogP contribution in [0.1, 0.15) is 24.4 Å². The third kappa shape index (κ3) is 2.75. The van der Waals surface area contributed by atoms with Crippen molar-refractivity contribution >= 4 is 10.8 Å². The number of fused-ring (bicyclic) bond motifs is 1. The van der Waals surface area contributed by atoms with Gasteiger partial charge in [-0.3, -0.25) is 0 Å². The highest BCUT2D eigenvalue weighted by atomic mass is 14.9. The van der Waals surface area contributed by atoms with E-state index in [1.54, 1.807) is 0 Å². The van der Waals surface area contributed by atoms with E-state index in [-0.39, 0.29) is 0 Å². The molecule has 0 amide bonds. The summed E-state index contributed by atoms with van der Waals surface area (Å²) in [5.41, 5.74) is 1.35. The second-order valence-corrected chi connectivity index (χ2v) is 4.31. The molecule has 0 saturated heterocycles. The largest absolute Gasteiger partial charge is 0.313 e. The summed E-state index contributed by atoms with van der Waals surface area (Å²) in [5.74, 6) is 0. The van der Waals surface area contributed by atoms with Gasteiger partial charge in [0.2, 0.25) is 0 Å². The van der Waals surface area contributed by atoms with Gasteiger partial charge in [0.1, 0.15) is 0 Å². The number of hydrogen-bond acceptors (Lipinski definition) is 1. The number of allylic oxidation sites excluding steroid dienone is 1. The summed E-state index contributed by atoms with van der Waals surface area (Å²) in [6.45, 7) is 3.78. The van der Waals surface area contributed by atoms with Gasteiger partial charge in [0.05, 0.1) is 0 Å². The molecule has 0 radical (unpaired) electrons. The third-order valence-corrected chi connectivity index (χ3v) is 3.18. The molecule has 2 aromatic carbocycles. The molecule has 2 rings (SSSR count). The fourth-order valence-electron chi connectivity index (χ4n) is 2.19. The molecule has 0 saturated carbocycles. The summed E-state index contributed by atoms with van der Waals surface area (Å²) in [5, 5.41) is 5.98. The molecular formula is C16H19N. The zero-order valence-corrected chi connectivity index (χ0v) is 10.3. The highest BCUT2D eigenvalue weighted by Crippen LogP contribution is 2.23.